The standard InChI is InChI=1S/C19H27N3O10/c1-9(23)28-8-13-16(29-10(2)24)17(30-11(3)25)15(18(32-13)31-12(4)26)20-14(27)6-7-19(5)21-22-19/h13,15-18H,6-8H2,1-5H3,(H,20,27)/t13-,15+,16-,17-,18?/m1/s1. The molecule has 13 nitrogen and oxygen atoms in total. The highest BCUT2D eigenvalue weighted by Crippen LogP contribution is 2.32. The Balaban J connectivity index is 2.30. The van der Waals surface area contributed by atoms with Crippen LogP contribution in [0.5, 0.6) is 0 Å². The summed E-state index contributed by atoms with van der Waals surface area (Å²) >= 11 is 0. The first kappa shape index (κ1) is 25.2. The molecule has 1 N–H and O–H groups in total. The lowest BCUT2D eigenvalue weighted by Gasteiger charge is -2.44. The highest BCUT2D eigenvalue weighted by Gasteiger charge is 2.52. The zero-order valence-electron chi connectivity index (χ0n) is 18.5. The number of carbonyl (C=O) groups is 5. The third kappa shape index (κ3) is 7.55. The summed E-state index contributed by atoms with van der Waals surface area (Å²) in [5.41, 5.74) is -0.611. The predicted molar refractivity (Wildman–Crippen MR) is 103 cm³/mol. The van der Waals surface area contributed by atoms with Crippen molar-refractivity contribution in [2.24, 2.45) is 10.2 Å². The van der Waals surface area contributed by atoms with Crippen LogP contribution in [-0.4, -0.2) is 72.7 Å². The van der Waals surface area contributed by atoms with Crippen molar-refractivity contribution >= 4 is 29.8 Å². The number of rotatable bonds is 9. The van der Waals surface area contributed by atoms with Crippen molar-refractivity contribution in [1.29, 1.82) is 0 Å². The van der Waals surface area contributed by atoms with Gasteiger partial charge in [-0.05, 0) is 6.92 Å². The summed E-state index contributed by atoms with van der Waals surface area (Å²) in [4.78, 5) is 59.0. The van der Waals surface area contributed by atoms with Crippen LogP contribution in [0.15, 0.2) is 10.2 Å². The first-order chi connectivity index (χ1) is 14.9. The molecule has 2 aliphatic rings. The fourth-order valence-electron chi connectivity index (χ4n) is 3.11. The number of hydrogen-bond donors (Lipinski definition) is 1. The van der Waals surface area contributed by atoms with Crippen molar-refractivity contribution in [2.75, 3.05) is 6.61 Å². The molecule has 2 heterocycles. The molecule has 178 valence electrons. The maximum atomic E-state index is 12.6. The maximum absolute atomic E-state index is 12.6. The summed E-state index contributed by atoms with van der Waals surface area (Å²) in [6.07, 6.45) is -4.77. The van der Waals surface area contributed by atoms with E-state index in [0.717, 1.165) is 20.8 Å². The summed E-state index contributed by atoms with van der Waals surface area (Å²) in [5, 5.41) is 10.3. The molecule has 32 heavy (non-hydrogen) atoms. The number of hydrogen-bond acceptors (Lipinski definition) is 12. The van der Waals surface area contributed by atoms with Gasteiger partial charge >= 0.3 is 23.9 Å². The van der Waals surface area contributed by atoms with Gasteiger partial charge in [0.15, 0.2) is 17.9 Å². The predicted octanol–water partition coefficient (Wildman–Crippen LogP) is 0.148. The lowest BCUT2D eigenvalue weighted by atomic mass is 9.95. The quantitative estimate of drug-likeness (QED) is 0.371. The Kier molecular flexibility index (Phi) is 8.25. The highest BCUT2D eigenvalue weighted by molar-refractivity contribution is 5.77. The molecule has 2 aliphatic heterocycles. The van der Waals surface area contributed by atoms with Crippen molar-refractivity contribution in [3.63, 3.8) is 0 Å². The number of amides is 1. The lowest BCUT2D eigenvalue weighted by Crippen LogP contribution is -2.67. The Morgan fingerprint density at radius 1 is 0.875 bits per heavy atom. The molecule has 2 rings (SSSR count). The average Bonchev–Trinajstić information content (AvgIpc) is 3.40. The van der Waals surface area contributed by atoms with E-state index in [1.807, 2.05) is 0 Å². The molecule has 0 bridgehead atoms. The summed E-state index contributed by atoms with van der Waals surface area (Å²) in [5.74, 6) is -3.33. The molecular formula is C19H27N3O10. The fourth-order valence-corrected chi connectivity index (χ4v) is 3.11. The minimum atomic E-state index is -1.42. The maximum Gasteiger partial charge on any atom is 0.305 e. The Labute approximate surface area is 184 Å². The molecule has 0 aromatic carbocycles. The van der Waals surface area contributed by atoms with E-state index in [0.29, 0.717) is 6.42 Å². The van der Waals surface area contributed by atoms with Gasteiger partial charge in [0.2, 0.25) is 12.2 Å². The normalized spacial score (nSPS) is 27.6. The van der Waals surface area contributed by atoms with E-state index in [2.05, 4.69) is 15.5 Å². The Bertz CT molecular complexity index is 792. The zero-order valence-corrected chi connectivity index (χ0v) is 18.5. The van der Waals surface area contributed by atoms with Crippen molar-refractivity contribution < 1.29 is 47.7 Å². The van der Waals surface area contributed by atoms with E-state index in [-0.39, 0.29) is 13.0 Å². The van der Waals surface area contributed by atoms with Crippen molar-refractivity contribution in [3.8, 4) is 0 Å². The first-order valence-electron chi connectivity index (χ1n) is 9.94. The van der Waals surface area contributed by atoms with Gasteiger partial charge in [0.1, 0.15) is 18.8 Å². The molecule has 13 heteroatoms. The van der Waals surface area contributed by atoms with E-state index < -0.39 is 66.1 Å². The van der Waals surface area contributed by atoms with Crippen molar-refractivity contribution in [3.05, 3.63) is 0 Å². The lowest BCUT2D eigenvalue weighted by molar-refractivity contribution is -0.271. The second-order valence-corrected chi connectivity index (χ2v) is 7.61. The van der Waals surface area contributed by atoms with Gasteiger partial charge in [0, 0.05) is 40.5 Å². The SMILES string of the molecule is CC(=O)OC[C@H]1OC(OC(C)=O)[C@@H](NC(=O)CCC2(C)N=N2)[C@@H](OC(C)=O)[C@@H]1OC(C)=O. The van der Waals surface area contributed by atoms with Crippen LogP contribution in [0.3, 0.4) is 0 Å². The van der Waals surface area contributed by atoms with Gasteiger partial charge < -0.3 is 29.0 Å². The van der Waals surface area contributed by atoms with Crippen LogP contribution in [0, 0.1) is 0 Å². The number of nitrogens with one attached hydrogen (secondary N) is 1. The molecule has 0 aliphatic carbocycles. The number of ether oxygens (including phenoxy) is 5. The summed E-state index contributed by atoms with van der Waals surface area (Å²) < 4.78 is 26.5. The van der Waals surface area contributed by atoms with Gasteiger partial charge in [-0.2, -0.15) is 10.2 Å². The van der Waals surface area contributed by atoms with Gasteiger partial charge in [-0.1, -0.05) is 0 Å². The van der Waals surface area contributed by atoms with Crippen LogP contribution in [-0.2, 0) is 47.7 Å². The summed E-state index contributed by atoms with van der Waals surface area (Å²) in [7, 11) is 0. The molecule has 0 saturated carbocycles. The van der Waals surface area contributed by atoms with Crippen LogP contribution >= 0.6 is 0 Å². The molecule has 0 aromatic rings. The molecule has 0 aromatic heterocycles. The van der Waals surface area contributed by atoms with Crippen LogP contribution < -0.4 is 5.32 Å². The Morgan fingerprint density at radius 2 is 1.44 bits per heavy atom. The molecule has 1 unspecified atom stereocenters. The van der Waals surface area contributed by atoms with Crippen molar-refractivity contribution in [2.45, 2.75) is 83.8 Å². The third-order valence-electron chi connectivity index (χ3n) is 4.58. The average molecular weight is 457 g/mol. The van der Waals surface area contributed by atoms with Crippen LogP contribution in [0.25, 0.3) is 0 Å². The zero-order chi connectivity index (χ0) is 24.1. The van der Waals surface area contributed by atoms with Gasteiger partial charge in [-0.15, -0.1) is 0 Å². The molecule has 1 amide bonds. The van der Waals surface area contributed by atoms with E-state index in [4.69, 9.17) is 23.7 Å². The monoisotopic (exact) mass is 457 g/mol. The minimum absolute atomic E-state index is 0.0225. The van der Waals surface area contributed by atoms with Crippen LogP contribution in [0.1, 0.15) is 47.5 Å². The van der Waals surface area contributed by atoms with Crippen LogP contribution in [0.2, 0.25) is 0 Å². The minimum Gasteiger partial charge on any atom is -0.463 e. The van der Waals surface area contributed by atoms with Gasteiger partial charge in [-0.25, -0.2) is 0 Å². The second-order valence-electron chi connectivity index (χ2n) is 7.61. The number of nitrogens with zero attached hydrogens (tertiary/aromatic N) is 2. The largest absolute Gasteiger partial charge is 0.463 e. The van der Waals surface area contributed by atoms with Gasteiger partial charge in [-0.3, -0.25) is 24.0 Å². The number of carbonyl (C=O) groups excluding carboxylic acids is 5. The van der Waals surface area contributed by atoms with Crippen molar-refractivity contribution in [1.82, 2.24) is 5.32 Å². The van der Waals surface area contributed by atoms with E-state index in [9.17, 15) is 24.0 Å². The summed E-state index contributed by atoms with van der Waals surface area (Å²) in [6, 6.07) is -1.21. The Morgan fingerprint density at radius 3 is 1.94 bits per heavy atom. The van der Waals surface area contributed by atoms with Gasteiger partial charge in [0.05, 0.1) is 0 Å². The topological polar surface area (TPSA) is 168 Å². The fraction of sp³-hybridized carbons (Fsp3) is 0.737. The number of esters is 4. The molecule has 1 fully saturated rings. The molecular weight excluding hydrogens is 430 g/mol. The highest BCUT2D eigenvalue weighted by atomic mass is 16.7. The molecule has 0 radical (unpaired) electrons. The van der Waals surface area contributed by atoms with Crippen LogP contribution in [0.4, 0.5) is 0 Å². The third-order valence-corrected chi connectivity index (χ3v) is 4.58. The van der Waals surface area contributed by atoms with Gasteiger partial charge in [0.25, 0.3) is 0 Å². The Hall–Kier alpha value is -3.09. The summed E-state index contributed by atoms with van der Waals surface area (Å²) in [6.45, 7) is 5.91. The van der Waals surface area contributed by atoms with E-state index in [1.54, 1.807) is 6.92 Å². The molecule has 1 saturated heterocycles. The van der Waals surface area contributed by atoms with E-state index in [1.165, 1.54) is 6.92 Å². The van der Waals surface area contributed by atoms with E-state index >= 15 is 0 Å². The molecule has 5 atom stereocenters. The smallest absolute Gasteiger partial charge is 0.305 e. The first-order valence-corrected chi connectivity index (χ1v) is 9.94. The molecule has 0 spiro atoms. The second kappa shape index (κ2) is 10.5.